The van der Waals surface area contributed by atoms with E-state index in [0.717, 1.165) is 10.9 Å². The average Bonchev–Trinajstić information content (AvgIpc) is 2.21. The molecule has 0 aliphatic carbocycles. The van der Waals surface area contributed by atoms with Gasteiger partial charge in [0.25, 0.3) is 0 Å². The van der Waals surface area contributed by atoms with Crippen LogP contribution in [-0.2, 0) is 11.2 Å². The van der Waals surface area contributed by atoms with Gasteiger partial charge in [-0.1, -0.05) is 28.9 Å². The molecule has 0 saturated carbocycles. The summed E-state index contributed by atoms with van der Waals surface area (Å²) in [5.41, 5.74) is 0.683. The summed E-state index contributed by atoms with van der Waals surface area (Å²) in [4.78, 5) is 11.0. The highest BCUT2D eigenvalue weighted by atomic mass is 79.9. The predicted octanol–water partition coefficient (Wildman–Crippen LogP) is 3.89. The van der Waals surface area contributed by atoms with E-state index in [0.29, 0.717) is 24.8 Å². The Morgan fingerprint density at radius 2 is 2.20 bits per heavy atom. The predicted molar refractivity (Wildman–Crippen MR) is 62.3 cm³/mol. The zero-order valence-electron chi connectivity index (χ0n) is 8.72. The quantitative estimate of drug-likeness (QED) is 0.795. The molecule has 15 heavy (non-hydrogen) atoms. The minimum atomic E-state index is -0.201. The van der Waals surface area contributed by atoms with Gasteiger partial charge in [0.15, 0.2) is 0 Å². The first kappa shape index (κ1) is 12.4. The smallest absolute Gasteiger partial charge is 0.132 e. The lowest BCUT2D eigenvalue weighted by atomic mass is 10.1. The Kier molecular flexibility index (Phi) is 4.95. The van der Waals surface area contributed by atoms with Crippen LogP contribution in [-0.4, -0.2) is 5.78 Å². The van der Waals surface area contributed by atoms with Gasteiger partial charge in [0.1, 0.15) is 11.6 Å². The van der Waals surface area contributed by atoms with Gasteiger partial charge >= 0.3 is 0 Å². The van der Waals surface area contributed by atoms with E-state index in [1.807, 2.05) is 13.0 Å². The number of halogens is 2. The van der Waals surface area contributed by atoms with Crippen LogP contribution in [0.5, 0.6) is 0 Å². The van der Waals surface area contributed by atoms with Crippen LogP contribution in [0.1, 0.15) is 31.7 Å². The Labute approximate surface area is 97.8 Å². The molecule has 0 aromatic heterocycles. The van der Waals surface area contributed by atoms with E-state index >= 15 is 0 Å². The van der Waals surface area contributed by atoms with Crippen LogP contribution in [0.4, 0.5) is 4.39 Å². The number of aryl methyl sites for hydroxylation is 1. The van der Waals surface area contributed by atoms with Crippen molar-refractivity contribution in [2.45, 2.75) is 32.6 Å². The monoisotopic (exact) mass is 272 g/mol. The first-order chi connectivity index (χ1) is 7.13. The fourth-order valence-corrected chi connectivity index (χ4v) is 1.71. The molecule has 3 heteroatoms. The third-order valence-corrected chi connectivity index (χ3v) is 2.80. The van der Waals surface area contributed by atoms with Crippen LogP contribution >= 0.6 is 15.9 Å². The third-order valence-electron chi connectivity index (χ3n) is 2.31. The standard InChI is InChI=1S/C12H14BrFO/c1-2-11(15)5-3-4-9-6-7-10(13)8-12(9)14/h6-8H,2-5H2,1H3. The second-order valence-electron chi connectivity index (χ2n) is 3.48. The zero-order chi connectivity index (χ0) is 11.3. The lowest BCUT2D eigenvalue weighted by molar-refractivity contribution is -0.118. The first-order valence-electron chi connectivity index (χ1n) is 5.09. The Morgan fingerprint density at radius 1 is 1.47 bits per heavy atom. The van der Waals surface area contributed by atoms with E-state index in [2.05, 4.69) is 15.9 Å². The fraction of sp³-hybridized carbons (Fsp3) is 0.417. The van der Waals surface area contributed by atoms with E-state index in [1.54, 1.807) is 6.07 Å². The summed E-state index contributed by atoms with van der Waals surface area (Å²) in [6.45, 7) is 1.85. The first-order valence-corrected chi connectivity index (χ1v) is 5.88. The van der Waals surface area contributed by atoms with E-state index in [-0.39, 0.29) is 11.6 Å². The van der Waals surface area contributed by atoms with Crippen LogP contribution in [0.25, 0.3) is 0 Å². The number of ketones is 1. The molecule has 0 radical (unpaired) electrons. The van der Waals surface area contributed by atoms with Gasteiger partial charge in [0.2, 0.25) is 0 Å². The number of rotatable bonds is 5. The van der Waals surface area contributed by atoms with Gasteiger partial charge in [-0.3, -0.25) is 4.79 Å². The highest BCUT2D eigenvalue weighted by molar-refractivity contribution is 9.10. The number of hydrogen-bond acceptors (Lipinski definition) is 1. The highest BCUT2D eigenvalue weighted by Gasteiger charge is 2.04. The van der Waals surface area contributed by atoms with Crippen molar-refractivity contribution in [3.8, 4) is 0 Å². The van der Waals surface area contributed by atoms with Gasteiger partial charge in [-0.25, -0.2) is 4.39 Å². The molecule has 0 fully saturated rings. The molecule has 0 aliphatic rings. The van der Waals surface area contributed by atoms with E-state index < -0.39 is 0 Å². The molecule has 0 saturated heterocycles. The lowest BCUT2D eigenvalue weighted by Gasteiger charge is -2.02. The molecule has 1 aromatic rings. The summed E-state index contributed by atoms with van der Waals surface area (Å²) in [6, 6.07) is 5.03. The molecule has 0 atom stereocenters. The van der Waals surface area contributed by atoms with Crippen LogP contribution in [0.15, 0.2) is 22.7 Å². The van der Waals surface area contributed by atoms with Crippen molar-refractivity contribution in [3.05, 3.63) is 34.1 Å². The SMILES string of the molecule is CCC(=O)CCCc1ccc(Br)cc1F. The summed E-state index contributed by atoms with van der Waals surface area (Å²) < 4.78 is 14.1. The molecule has 82 valence electrons. The molecule has 0 spiro atoms. The topological polar surface area (TPSA) is 17.1 Å². The Hall–Kier alpha value is -0.700. The zero-order valence-corrected chi connectivity index (χ0v) is 10.3. The normalized spacial score (nSPS) is 10.3. The van der Waals surface area contributed by atoms with Crippen molar-refractivity contribution in [1.29, 1.82) is 0 Å². The fourth-order valence-electron chi connectivity index (χ4n) is 1.38. The maximum atomic E-state index is 13.3. The molecule has 0 N–H and O–H groups in total. The maximum Gasteiger partial charge on any atom is 0.132 e. The summed E-state index contributed by atoms with van der Waals surface area (Å²) in [5.74, 6) is 0.0424. The Bertz CT molecular complexity index is 349. The highest BCUT2D eigenvalue weighted by Crippen LogP contribution is 2.17. The summed E-state index contributed by atoms with van der Waals surface area (Å²) in [5, 5.41) is 0. The van der Waals surface area contributed by atoms with E-state index in [4.69, 9.17) is 0 Å². The van der Waals surface area contributed by atoms with Crippen molar-refractivity contribution in [3.63, 3.8) is 0 Å². The molecule has 1 nitrogen and oxygen atoms in total. The second-order valence-corrected chi connectivity index (χ2v) is 4.40. The van der Waals surface area contributed by atoms with Gasteiger partial charge in [-0.15, -0.1) is 0 Å². The third kappa shape index (κ3) is 4.12. The van der Waals surface area contributed by atoms with Crippen LogP contribution < -0.4 is 0 Å². The van der Waals surface area contributed by atoms with Crippen molar-refractivity contribution >= 4 is 21.7 Å². The van der Waals surface area contributed by atoms with Crippen LogP contribution in [0.2, 0.25) is 0 Å². The van der Waals surface area contributed by atoms with E-state index in [9.17, 15) is 9.18 Å². The molecule has 0 heterocycles. The van der Waals surface area contributed by atoms with Gasteiger partial charge < -0.3 is 0 Å². The maximum absolute atomic E-state index is 13.3. The van der Waals surface area contributed by atoms with Gasteiger partial charge in [0, 0.05) is 17.3 Å². The lowest BCUT2D eigenvalue weighted by Crippen LogP contribution is -1.97. The number of carbonyl (C=O) groups excluding carboxylic acids is 1. The van der Waals surface area contributed by atoms with E-state index in [1.165, 1.54) is 6.07 Å². The number of carbonyl (C=O) groups is 1. The van der Waals surface area contributed by atoms with Crippen molar-refractivity contribution in [2.24, 2.45) is 0 Å². The number of hydrogen-bond donors (Lipinski definition) is 0. The average molecular weight is 273 g/mol. The minimum absolute atomic E-state index is 0.201. The van der Waals surface area contributed by atoms with Crippen molar-refractivity contribution < 1.29 is 9.18 Å². The summed E-state index contributed by atoms with van der Waals surface area (Å²) in [6.07, 6.45) is 2.48. The largest absolute Gasteiger partial charge is 0.300 e. The molecule has 1 aromatic carbocycles. The molecule has 0 aliphatic heterocycles. The second kappa shape index (κ2) is 6.01. The molecule has 0 unspecified atom stereocenters. The molecular formula is C12H14BrFO. The minimum Gasteiger partial charge on any atom is -0.300 e. The molecule has 1 rings (SSSR count). The van der Waals surface area contributed by atoms with Crippen LogP contribution in [0.3, 0.4) is 0 Å². The Balaban J connectivity index is 2.47. The molecule has 0 amide bonds. The van der Waals surface area contributed by atoms with Crippen LogP contribution in [0, 0.1) is 5.82 Å². The molecule has 0 bridgehead atoms. The number of Topliss-reactive ketones (excluding diaryl/α,β-unsaturated/α-hetero) is 1. The van der Waals surface area contributed by atoms with Crippen molar-refractivity contribution in [2.75, 3.05) is 0 Å². The van der Waals surface area contributed by atoms with Gasteiger partial charge in [0.05, 0.1) is 0 Å². The number of benzene rings is 1. The molecular weight excluding hydrogens is 259 g/mol. The Morgan fingerprint density at radius 3 is 2.80 bits per heavy atom. The van der Waals surface area contributed by atoms with Gasteiger partial charge in [-0.05, 0) is 30.5 Å². The summed E-state index contributed by atoms with van der Waals surface area (Å²) >= 11 is 3.20. The van der Waals surface area contributed by atoms with Crippen molar-refractivity contribution in [1.82, 2.24) is 0 Å². The van der Waals surface area contributed by atoms with Gasteiger partial charge in [-0.2, -0.15) is 0 Å². The summed E-state index contributed by atoms with van der Waals surface area (Å²) in [7, 11) is 0.